The van der Waals surface area contributed by atoms with E-state index in [2.05, 4.69) is 30.6 Å². The first-order chi connectivity index (χ1) is 8.43. The van der Waals surface area contributed by atoms with Gasteiger partial charge < -0.3 is 0 Å². The second-order valence-corrected chi connectivity index (χ2v) is 12.2. The molecule has 0 N–H and O–H groups in total. The summed E-state index contributed by atoms with van der Waals surface area (Å²) < 4.78 is 0. The summed E-state index contributed by atoms with van der Waals surface area (Å²) in [5, 5.41) is 8.09. The van der Waals surface area contributed by atoms with Crippen molar-refractivity contribution in [1.82, 2.24) is 0 Å². The molecule has 6 heteroatoms. The van der Waals surface area contributed by atoms with Crippen molar-refractivity contribution in [3.8, 4) is 0 Å². The zero-order valence-corrected chi connectivity index (χ0v) is 14.0. The van der Waals surface area contributed by atoms with Gasteiger partial charge in [0, 0.05) is 10.2 Å². The number of allylic oxidation sites excluding steroid dienone is 2. The molecule has 0 aromatic carbocycles. The van der Waals surface area contributed by atoms with Gasteiger partial charge in [-0.05, 0) is 32.6 Å². The summed E-state index contributed by atoms with van der Waals surface area (Å²) in [6, 6.07) is 0. The first-order valence-electron chi connectivity index (χ1n) is 5.78. The van der Waals surface area contributed by atoms with Gasteiger partial charge in [-0.1, -0.05) is 36.6 Å². The van der Waals surface area contributed by atoms with Crippen molar-refractivity contribution in [3.05, 3.63) is 22.6 Å². The predicted octanol–water partition coefficient (Wildman–Crippen LogP) is 4.83. The highest BCUT2D eigenvalue weighted by Gasteiger charge is 2.32. The Kier molecular flexibility index (Phi) is 4.62. The minimum atomic E-state index is -1.33. The fourth-order valence-corrected chi connectivity index (χ4v) is 7.50. The highest BCUT2D eigenvalue weighted by atomic mass is 33.5. The highest BCUT2D eigenvalue weighted by Crippen LogP contribution is 2.66. The Bertz CT molecular complexity index is 441. The Morgan fingerprint density at radius 3 is 2.67 bits per heavy atom. The lowest BCUT2D eigenvalue weighted by atomic mass is 9.85. The van der Waals surface area contributed by atoms with Gasteiger partial charge in [-0.15, -0.1) is 11.7 Å². The van der Waals surface area contributed by atoms with Crippen molar-refractivity contribution in [2.45, 2.75) is 31.9 Å². The second kappa shape index (κ2) is 5.69. The molecule has 0 spiro atoms. The smallest absolute Gasteiger partial charge is 0.0884 e. The summed E-state index contributed by atoms with van der Waals surface area (Å²) in [5.41, 5.74) is 6.35. The van der Waals surface area contributed by atoms with Crippen molar-refractivity contribution < 1.29 is 0 Å². The van der Waals surface area contributed by atoms with Crippen LogP contribution in [0.2, 0.25) is 0 Å². The summed E-state index contributed by atoms with van der Waals surface area (Å²) in [7, 11) is 0.452. The Labute approximate surface area is 124 Å². The van der Waals surface area contributed by atoms with Crippen LogP contribution in [0.25, 0.3) is 0 Å². The molecule has 0 fully saturated rings. The van der Waals surface area contributed by atoms with Gasteiger partial charge in [0.15, 0.2) is 0 Å². The van der Waals surface area contributed by atoms with Crippen LogP contribution in [0.3, 0.4) is 0 Å². The fraction of sp³-hybridized carbons (Fsp3) is 0.500. The highest BCUT2D eigenvalue weighted by molar-refractivity contribution is 9.30. The summed E-state index contributed by atoms with van der Waals surface area (Å²) in [5.74, 6) is 0.464. The van der Waals surface area contributed by atoms with Gasteiger partial charge in [0.2, 0.25) is 0 Å². The normalized spacial score (nSPS) is 31.8. The summed E-state index contributed by atoms with van der Waals surface area (Å²) in [6.45, 7) is 8.38. The number of thiol groups is 2. The van der Waals surface area contributed by atoms with Gasteiger partial charge in [0.05, 0.1) is 11.1 Å². The van der Waals surface area contributed by atoms with E-state index < -0.39 is 8.09 Å². The molecule has 0 amide bonds. The van der Waals surface area contributed by atoms with Crippen LogP contribution in [0.15, 0.2) is 32.8 Å². The summed E-state index contributed by atoms with van der Waals surface area (Å²) in [4.78, 5) is 1.34. The van der Waals surface area contributed by atoms with Crippen molar-refractivity contribution in [1.29, 1.82) is 0 Å². The Morgan fingerprint density at radius 2 is 2.11 bits per heavy atom. The zero-order valence-electron chi connectivity index (χ0n) is 10.5. The molecule has 0 saturated heterocycles. The lowest BCUT2D eigenvalue weighted by Crippen LogP contribution is -2.22. The van der Waals surface area contributed by atoms with Crippen molar-refractivity contribution in [2.75, 3.05) is 0 Å². The Balaban J connectivity index is 2.22. The minimum Gasteiger partial charge on any atom is -0.170 e. The molecule has 2 nitrogen and oxygen atoms in total. The Morgan fingerprint density at radius 1 is 1.50 bits per heavy atom. The molecule has 0 aromatic rings. The van der Waals surface area contributed by atoms with E-state index in [9.17, 15) is 0 Å². The van der Waals surface area contributed by atoms with Crippen LogP contribution in [0, 0.1) is 5.92 Å². The predicted molar refractivity (Wildman–Crippen MR) is 94.2 cm³/mol. The van der Waals surface area contributed by atoms with Crippen LogP contribution in [0.1, 0.15) is 26.7 Å². The number of hydrogen-bond acceptors (Lipinski definition) is 5. The molecule has 0 aromatic heterocycles. The topological polar surface area (TPSA) is 24.7 Å². The van der Waals surface area contributed by atoms with E-state index in [4.69, 9.17) is 24.3 Å². The summed E-state index contributed by atoms with van der Waals surface area (Å²) >= 11 is 9.52. The van der Waals surface area contributed by atoms with Crippen molar-refractivity contribution >= 4 is 54.3 Å². The zero-order chi connectivity index (χ0) is 13.3. The molecular formula is C12H18N2S4. The molecule has 0 bridgehead atoms. The fourth-order valence-electron chi connectivity index (χ4n) is 2.13. The monoisotopic (exact) mass is 318 g/mol. The minimum absolute atomic E-state index is 0.236. The number of nitrogens with zero attached hydrogens (tertiary/aromatic N) is 2. The van der Waals surface area contributed by atoms with E-state index in [-0.39, 0.29) is 5.25 Å². The van der Waals surface area contributed by atoms with E-state index in [1.54, 1.807) is 10.8 Å². The number of rotatable bonds is 3. The molecule has 0 saturated carbocycles. The van der Waals surface area contributed by atoms with E-state index >= 15 is 0 Å². The van der Waals surface area contributed by atoms with E-state index in [1.807, 2.05) is 11.1 Å². The Hall–Kier alpha value is 0.220. The molecule has 1 heterocycles. The van der Waals surface area contributed by atoms with Gasteiger partial charge in [-0.25, -0.2) is 0 Å². The van der Waals surface area contributed by atoms with Gasteiger partial charge >= 0.3 is 0 Å². The third-order valence-electron chi connectivity index (χ3n) is 3.22. The molecule has 18 heavy (non-hydrogen) atoms. The average Bonchev–Trinajstić information content (AvgIpc) is 2.71. The van der Waals surface area contributed by atoms with Crippen LogP contribution < -0.4 is 0 Å². The molecule has 2 atom stereocenters. The molecule has 2 aliphatic rings. The maximum absolute atomic E-state index is 4.81. The van der Waals surface area contributed by atoms with Gasteiger partial charge in [-0.2, -0.15) is 22.8 Å². The maximum Gasteiger partial charge on any atom is 0.0884 e. The van der Waals surface area contributed by atoms with E-state index in [1.165, 1.54) is 16.1 Å². The van der Waals surface area contributed by atoms with Crippen LogP contribution in [-0.2, 0) is 0 Å². The molecular weight excluding hydrogens is 300 g/mol. The van der Waals surface area contributed by atoms with Crippen LogP contribution >= 0.6 is 43.2 Å². The maximum atomic E-state index is 4.81. The molecule has 1 aliphatic carbocycles. The van der Waals surface area contributed by atoms with Crippen molar-refractivity contribution in [3.63, 3.8) is 0 Å². The van der Waals surface area contributed by atoms with Crippen molar-refractivity contribution in [2.24, 2.45) is 16.1 Å². The summed E-state index contributed by atoms with van der Waals surface area (Å²) in [6.07, 6.45) is 2.27. The quantitative estimate of drug-likeness (QED) is 0.435. The lowest BCUT2D eigenvalue weighted by molar-refractivity contribution is 0.548. The molecule has 2 rings (SSSR count). The molecule has 100 valence electrons. The lowest BCUT2D eigenvalue weighted by Gasteiger charge is -2.35. The average molecular weight is 319 g/mol. The van der Waals surface area contributed by atoms with E-state index in [0.717, 1.165) is 12.8 Å². The molecule has 1 unspecified atom stereocenters. The first kappa shape index (κ1) is 14.6. The van der Waals surface area contributed by atoms with E-state index in [0.29, 0.717) is 5.92 Å². The van der Waals surface area contributed by atoms with Gasteiger partial charge in [0.1, 0.15) is 0 Å². The largest absolute Gasteiger partial charge is 0.170 e. The van der Waals surface area contributed by atoms with Crippen LogP contribution in [-0.4, -0.2) is 16.3 Å². The third-order valence-corrected chi connectivity index (χ3v) is 8.95. The molecule has 1 aliphatic heterocycles. The SMILES string of the molecule is C=C(C)[C@@H]1CCC(C)=C(SS2(S)C=NN=C2)C1S. The second-order valence-electron chi connectivity index (χ2n) is 4.72. The molecule has 0 radical (unpaired) electrons. The van der Waals surface area contributed by atoms with Gasteiger partial charge in [0.25, 0.3) is 0 Å². The van der Waals surface area contributed by atoms with Crippen LogP contribution in [0.4, 0.5) is 0 Å². The number of hydrogen-bond donors (Lipinski definition) is 2. The third kappa shape index (κ3) is 3.03. The first-order valence-corrected chi connectivity index (χ1v) is 10.4. The standard InChI is InChI=1S/C12H18N2S4/c1-8(2)10-5-4-9(3)12(11(10)15)17-18(16)6-13-14-7-18/h6-7,10-11,15-16H,1,4-5H2,2-3H3/t10-,11?/m0/s1. The van der Waals surface area contributed by atoms with Crippen LogP contribution in [0.5, 0.6) is 0 Å². The van der Waals surface area contributed by atoms with Gasteiger partial charge in [-0.3, -0.25) is 0 Å².